The SMILES string of the molecule is COc1cc(C(F)=Cc2cccc(-c3cccc(Nc4nccc5cc(CN6CCCCC6C(=O)O)cnc45)c3C)c2C)ccc1CO. The van der Waals surface area contributed by atoms with Gasteiger partial charge < -0.3 is 20.3 Å². The standard InChI is InChI=1S/C39H39FN4O4/c1-24-27(19-33(40)28-13-14-30(23-45)36(20-28)48-3)8-6-9-31(24)32-10-7-11-34(25(32)2)43-38-37-29(15-16-41-38)18-26(21-42-37)22-44-17-5-4-12-35(44)39(46)47/h6-11,13-16,18-21,35,45H,4-5,12,17,22-23H2,1-3H3,(H,41,43)(H,46,47). The predicted molar refractivity (Wildman–Crippen MR) is 188 cm³/mol. The smallest absolute Gasteiger partial charge is 0.320 e. The molecule has 6 rings (SSSR count). The number of rotatable bonds is 10. The Balaban J connectivity index is 1.27. The fourth-order valence-corrected chi connectivity index (χ4v) is 6.51. The van der Waals surface area contributed by atoms with Gasteiger partial charge in [0.1, 0.15) is 23.1 Å². The molecule has 3 heterocycles. The number of carboxylic acids is 1. The van der Waals surface area contributed by atoms with E-state index in [2.05, 4.69) is 22.4 Å². The highest BCUT2D eigenvalue weighted by atomic mass is 19.1. The monoisotopic (exact) mass is 646 g/mol. The van der Waals surface area contributed by atoms with Gasteiger partial charge in [-0.15, -0.1) is 0 Å². The average Bonchev–Trinajstić information content (AvgIpc) is 3.10. The lowest BCUT2D eigenvalue weighted by molar-refractivity contribution is -0.144. The summed E-state index contributed by atoms with van der Waals surface area (Å²) in [6, 6.07) is 20.3. The van der Waals surface area contributed by atoms with Gasteiger partial charge >= 0.3 is 5.97 Å². The molecule has 2 aromatic heterocycles. The minimum atomic E-state index is -0.770. The van der Waals surface area contributed by atoms with E-state index in [4.69, 9.17) is 9.72 Å². The maximum absolute atomic E-state index is 15.5. The summed E-state index contributed by atoms with van der Waals surface area (Å²) in [5.74, 6) is -0.112. The molecule has 0 spiro atoms. The Morgan fingerprint density at radius 3 is 2.60 bits per heavy atom. The third-order valence-corrected chi connectivity index (χ3v) is 9.21. The van der Waals surface area contributed by atoms with Gasteiger partial charge in [0.15, 0.2) is 5.82 Å². The van der Waals surface area contributed by atoms with E-state index in [-0.39, 0.29) is 6.61 Å². The number of likely N-dealkylation sites (tertiary alicyclic amines) is 1. The van der Waals surface area contributed by atoms with Crippen LogP contribution in [0.1, 0.15) is 52.6 Å². The Bertz CT molecular complexity index is 2010. The van der Waals surface area contributed by atoms with Crippen molar-refractivity contribution in [1.29, 1.82) is 0 Å². The highest BCUT2D eigenvalue weighted by Gasteiger charge is 2.28. The molecule has 48 heavy (non-hydrogen) atoms. The molecular formula is C39H39FN4O4. The third kappa shape index (κ3) is 6.79. The largest absolute Gasteiger partial charge is 0.496 e. The lowest BCUT2D eigenvalue weighted by atomic mass is 9.92. The van der Waals surface area contributed by atoms with Crippen molar-refractivity contribution in [1.82, 2.24) is 14.9 Å². The van der Waals surface area contributed by atoms with Gasteiger partial charge in [-0.25, -0.2) is 9.37 Å². The Kier molecular flexibility index (Phi) is 9.80. The number of carboxylic acid groups (broad SMARTS) is 1. The number of carbonyl (C=O) groups is 1. The van der Waals surface area contributed by atoms with Crippen LogP contribution < -0.4 is 10.1 Å². The summed E-state index contributed by atoms with van der Waals surface area (Å²) in [6.45, 7) is 5.14. The number of ether oxygens (including phenoxy) is 1. The first-order valence-corrected chi connectivity index (χ1v) is 16.1. The number of hydrogen-bond acceptors (Lipinski definition) is 7. The quantitative estimate of drug-likeness (QED) is 0.131. The lowest BCUT2D eigenvalue weighted by Gasteiger charge is -2.32. The fraction of sp³-hybridized carbons (Fsp3) is 0.256. The van der Waals surface area contributed by atoms with Crippen molar-refractivity contribution in [3.63, 3.8) is 0 Å². The van der Waals surface area contributed by atoms with Crippen LogP contribution in [0.3, 0.4) is 0 Å². The van der Waals surface area contributed by atoms with Crippen molar-refractivity contribution < 1.29 is 24.1 Å². The molecule has 0 aliphatic carbocycles. The second-order valence-corrected chi connectivity index (χ2v) is 12.2. The van der Waals surface area contributed by atoms with Crippen molar-refractivity contribution in [2.45, 2.75) is 52.3 Å². The summed E-state index contributed by atoms with van der Waals surface area (Å²) in [5, 5.41) is 23.6. The van der Waals surface area contributed by atoms with Crippen molar-refractivity contribution in [3.05, 3.63) is 113 Å². The molecule has 0 bridgehead atoms. The molecule has 3 N–H and O–H groups in total. The Labute approximate surface area is 279 Å². The topological polar surface area (TPSA) is 108 Å². The van der Waals surface area contributed by atoms with Crippen LogP contribution in [0.2, 0.25) is 0 Å². The van der Waals surface area contributed by atoms with E-state index < -0.39 is 17.8 Å². The molecule has 1 unspecified atom stereocenters. The fourth-order valence-electron chi connectivity index (χ4n) is 6.51. The van der Waals surface area contributed by atoms with Crippen LogP contribution in [-0.4, -0.2) is 50.7 Å². The van der Waals surface area contributed by atoms with Gasteiger partial charge in [0, 0.05) is 41.1 Å². The third-order valence-electron chi connectivity index (χ3n) is 9.21. The van der Waals surface area contributed by atoms with Gasteiger partial charge in [0.25, 0.3) is 0 Å². The number of nitrogens with one attached hydrogen (secondary N) is 1. The molecule has 0 saturated carbocycles. The summed E-state index contributed by atoms with van der Waals surface area (Å²) in [6.07, 6.45) is 7.68. The van der Waals surface area contributed by atoms with Gasteiger partial charge in [-0.2, -0.15) is 0 Å². The number of halogens is 1. The second kappa shape index (κ2) is 14.3. The van der Waals surface area contributed by atoms with Crippen LogP contribution >= 0.6 is 0 Å². The number of aromatic nitrogens is 2. The van der Waals surface area contributed by atoms with E-state index in [0.717, 1.165) is 69.4 Å². The van der Waals surface area contributed by atoms with E-state index in [0.29, 0.717) is 35.7 Å². The number of methoxy groups -OCH3 is 1. The van der Waals surface area contributed by atoms with Gasteiger partial charge in [-0.1, -0.05) is 48.9 Å². The van der Waals surface area contributed by atoms with Crippen LogP contribution in [0, 0.1) is 13.8 Å². The molecule has 5 aromatic rings. The van der Waals surface area contributed by atoms with E-state index >= 15 is 4.39 Å². The molecule has 246 valence electrons. The first-order chi connectivity index (χ1) is 23.3. The minimum absolute atomic E-state index is 0.188. The molecule has 8 nitrogen and oxygen atoms in total. The normalized spacial score (nSPS) is 15.4. The van der Waals surface area contributed by atoms with E-state index in [1.165, 1.54) is 13.2 Å². The van der Waals surface area contributed by atoms with Gasteiger partial charge in [0.05, 0.1) is 13.7 Å². The summed E-state index contributed by atoms with van der Waals surface area (Å²) < 4.78 is 20.8. The van der Waals surface area contributed by atoms with E-state index in [1.54, 1.807) is 24.4 Å². The molecule has 1 aliphatic heterocycles. The zero-order valence-corrected chi connectivity index (χ0v) is 27.3. The Morgan fingerprint density at radius 2 is 1.83 bits per heavy atom. The van der Waals surface area contributed by atoms with Crippen LogP contribution in [0.5, 0.6) is 5.75 Å². The molecule has 9 heteroatoms. The summed E-state index contributed by atoms with van der Waals surface area (Å²) in [5.41, 5.74) is 8.21. The minimum Gasteiger partial charge on any atom is -0.496 e. The van der Waals surface area contributed by atoms with E-state index in [9.17, 15) is 15.0 Å². The maximum Gasteiger partial charge on any atom is 0.320 e. The molecular weight excluding hydrogens is 607 g/mol. The summed E-state index contributed by atoms with van der Waals surface area (Å²) in [7, 11) is 1.50. The summed E-state index contributed by atoms with van der Waals surface area (Å²) in [4.78, 5) is 23.2. The lowest BCUT2D eigenvalue weighted by Crippen LogP contribution is -2.44. The number of nitrogens with zero attached hydrogens (tertiary/aromatic N) is 3. The number of aliphatic hydroxyl groups is 1. The molecule has 3 aromatic carbocycles. The molecule has 0 amide bonds. The van der Waals surface area contributed by atoms with E-state index in [1.807, 2.05) is 61.3 Å². The molecule has 1 atom stereocenters. The van der Waals surface area contributed by atoms with Crippen molar-refractivity contribution in [2.24, 2.45) is 0 Å². The zero-order chi connectivity index (χ0) is 33.8. The first kappa shape index (κ1) is 32.8. The number of piperidine rings is 1. The first-order valence-electron chi connectivity index (χ1n) is 16.1. The highest BCUT2D eigenvalue weighted by Crippen LogP contribution is 2.36. The van der Waals surface area contributed by atoms with Crippen molar-refractivity contribution >= 4 is 40.3 Å². The predicted octanol–water partition coefficient (Wildman–Crippen LogP) is 8.06. The number of pyridine rings is 2. The van der Waals surface area contributed by atoms with Crippen LogP contribution in [0.25, 0.3) is 33.9 Å². The second-order valence-electron chi connectivity index (χ2n) is 12.2. The molecule has 1 aliphatic rings. The van der Waals surface area contributed by atoms with Crippen molar-refractivity contribution in [3.8, 4) is 16.9 Å². The van der Waals surface area contributed by atoms with Gasteiger partial charge in [-0.3, -0.25) is 14.7 Å². The number of aliphatic carboxylic acids is 1. The zero-order valence-electron chi connectivity index (χ0n) is 27.3. The number of hydrogen-bond donors (Lipinski definition) is 3. The number of benzene rings is 3. The van der Waals surface area contributed by atoms with Crippen LogP contribution in [-0.2, 0) is 17.9 Å². The number of fused-ring (bicyclic) bond motifs is 1. The number of anilines is 2. The Hall–Kier alpha value is -5.12. The molecule has 1 fully saturated rings. The van der Waals surface area contributed by atoms with Gasteiger partial charge in [-0.05, 0) is 97.0 Å². The molecule has 1 saturated heterocycles. The molecule has 0 radical (unpaired) electrons. The average molecular weight is 647 g/mol. The van der Waals surface area contributed by atoms with Crippen LogP contribution in [0.4, 0.5) is 15.9 Å². The highest BCUT2D eigenvalue weighted by molar-refractivity contribution is 5.91. The summed E-state index contributed by atoms with van der Waals surface area (Å²) >= 11 is 0. The van der Waals surface area contributed by atoms with Crippen LogP contribution in [0.15, 0.2) is 79.1 Å². The Morgan fingerprint density at radius 1 is 1.04 bits per heavy atom. The number of aliphatic hydroxyl groups excluding tert-OH is 1. The van der Waals surface area contributed by atoms with Gasteiger partial charge in [0.2, 0.25) is 0 Å². The maximum atomic E-state index is 15.5. The van der Waals surface area contributed by atoms with Crippen molar-refractivity contribution in [2.75, 3.05) is 19.0 Å².